The molecule has 0 amide bonds. The van der Waals surface area contributed by atoms with Gasteiger partial charge in [-0.05, 0) is 55.8 Å². The lowest BCUT2D eigenvalue weighted by Gasteiger charge is -2.31. The van der Waals surface area contributed by atoms with Gasteiger partial charge in [-0.3, -0.25) is 0 Å². The van der Waals surface area contributed by atoms with Gasteiger partial charge >= 0.3 is 0 Å². The van der Waals surface area contributed by atoms with Crippen molar-refractivity contribution in [3.8, 4) is 0 Å². The molecule has 1 aliphatic rings. The molecule has 19 heavy (non-hydrogen) atoms. The van der Waals surface area contributed by atoms with E-state index in [0.717, 1.165) is 12.5 Å². The van der Waals surface area contributed by atoms with Crippen LogP contribution in [0.15, 0.2) is 16.6 Å². The van der Waals surface area contributed by atoms with Gasteiger partial charge in [0.05, 0.1) is 0 Å². The molecule has 1 saturated carbocycles. The smallest absolute Gasteiger partial charge is 0.0323 e. The first-order valence-electron chi connectivity index (χ1n) is 7.61. The number of hydrogen-bond donors (Lipinski definition) is 1. The maximum atomic E-state index is 3.74. The van der Waals surface area contributed by atoms with E-state index in [4.69, 9.17) is 0 Å². The Morgan fingerprint density at radius 3 is 2.37 bits per heavy atom. The minimum Gasteiger partial charge on any atom is -0.310 e. The summed E-state index contributed by atoms with van der Waals surface area (Å²) in [5.74, 6) is 0.943. The van der Waals surface area contributed by atoms with Crippen LogP contribution in [0, 0.1) is 19.8 Å². The molecule has 0 aromatic heterocycles. The van der Waals surface area contributed by atoms with Crippen LogP contribution in [0.4, 0.5) is 0 Å². The molecule has 2 heteroatoms. The number of hydrogen-bond acceptors (Lipinski definition) is 1. The fraction of sp³-hybridized carbons (Fsp3) is 0.647. The molecule has 0 saturated heterocycles. The van der Waals surface area contributed by atoms with Crippen molar-refractivity contribution in [1.29, 1.82) is 0 Å². The Bertz CT molecular complexity index is 400. The van der Waals surface area contributed by atoms with E-state index >= 15 is 0 Å². The van der Waals surface area contributed by atoms with Gasteiger partial charge in [-0.15, -0.1) is 0 Å². The van der Waals surface area contributed by atoms with Crippen LogP contribution in [0.3, 0.4) is 0 Å². The molecular formula is C17H26BrN. The third-order valence-electron chi connectivity index (χ3n) is 4.30. The molecule has 1 N–H and O–H groups in total. The van der Waals surface area contributed by atoms with Gasteiger partial charge in [0, 0.05) is 10.5 Å². The summed E-state index contributed by atoms with van der Waals surface area (Å²) in [5, 5.41) is 3.74. The summed E-state index contributed by atoms with van der Waals surface area (Å²) >= 11 is 3.67. The van der Waals surface area contributed by atoms with E-state index in [1.165, 1.54) is 53.3 Å². The second kappa shape index (κ2) is 6.90. The van der Waals surface area contributed by atoms with Crippen LogP contribution in [0.25, 0.3) is 0 Å². The average molecular weight is 324 g/mol. The van der Waals surface area contributed by atoms with E-state index in [0.29, 0.717) is 6.04 Å². The van der Waals surface area contributed by atoms with Crippen molar-refractivity contribution in [3.05, 3.63) is 33.3 Å². The average Bonchev–Trinajstić information content (AvgIpc) is 2.33. The Kier molecular flexibility index (Phi) is 5.47. The Hall–Kier alpha value is -0.340. The lowest BCUT2D eigenvalue weighted by atomic mass is 9.79. The molecule has 1 unspecified atom stereocenters. The largest absolute Gasteiger partial charge is 0.310 e. The zero-order chi connectivity index (χ0) is 13.8. The molecule has 1 fully saturated rings. The predicted octanol–water partition coefficient (Wildman–Crippen LogP) is 5.30. The van der Waals surface area contributed by atoms with Crippen LogP contribution in [0.5, 0.6) is 0 Å². The molecule has 0 heterocycles. The predicted molar refractivity (Wildman–Crippen MR) is 86.6 cm³/mol. The summed E-state index contributed by atoms with van der Waals surface area (Å²) in [6.07, 6.45) is 6.80. The highest BCUT2D eigenvalue weighted by atomic mass is 79.9. The van der Waals surface area contributed by atoms with Crippen LogP contribution >= 0.6 is 15.9 Å². The molecule has 0 bridgehead atoms. The van der Waals surface area contributed by atoms with E-state index in [1.807, 2.05) is 0 Å². The number of aryl methyl sites for hydroxylation is 2. The molecule has 1 aliphatic carbocycles. The molecule has 0 radical (unpaired) electrons. The van der Waals surface area contributed by atoms with Gasteiger partial charge in [0.1, 0.15) is 0 Å². The first kappa shape index (κ1) is 15.1. The second-order valence-electron chi connectivity index (χ2n) is 6.01. The van der Waals surface area contributed by atoms with E-state index in [1.54, 1.807) is 0 Å². The molecule has 1 aromatic rings. The van der Waals surface area contributed by atoms with Crippen LogP contribution < -0.4 is 5.32 Å². The first-order chi connectivity index (χ1) is 9.11. The SMILES string of the molecule is CCCNC(CC1CCC1)c1cc(C)c(Br)c(C)c1. The fourth-order valence-corrected chi connectivity index (χ4v) is 3.13. The Labute approximate surface area is 126 Å². The minimum atomic E-state index is 0.538. The van der Waals surface area contributed by atoms with Gasteiger partial charge < -0.3 is 5.32 Å². The van der Waals surface area contributed by atoms with E-state index in [9.17, 15) is 0 Å². The van der Waals surface area contributed by atoms with Gasteiger partial charge in [-0.2, -0.15) is 0 Å². The molecule has 1 nitrogen and oxygen atoms in total. The van der Waals surface area contributed by atoms with Crippen LogP contribution in [0.1, 0.15) is 61.8 Å². The van der Waals surface area contributed by atoms with Gasteiger partial charge in [0.2, 0.25) is 0 Å². The second-order valence-corrected chi connectivity index (χ2v) is 6.80. The summed E-state index contributed by atoms with van der Waals surface area (Å²) in [4.78, 5) is 0. The molecule has 1 aromatic carbocycles. The van der Waals surface area contributed by atoms with Crippen molar-refractivity contribution in [1.82, 2.24) is 5.32 Å². The van der Waals surface area contributed by atoms with Gasteiger partial charge in [-0.25, -0.2) is 0 Å². The van der Waals surface area contributed by atoms with Crippen molar-refractivity contribution in [2.75, 3.05) is 6.54 Å². The maximum Gasteiger partial charge on any atom is 0.0323 e. The monoisotopic (exact) mass is 323 g/mol. The van der Waals surface area contributed by atoms with E-state index < -0.39 is 0 Å². The van der Waals surface area contributed by atoms with Gasteiger partial charge in [0.15, 0.2) is 0 Å². The number of rotatable bonds is 6. The van der Waals surface area contributed by atoms with Crippen LogP contribution in [0.2, 0.25) is 0 Å². The van der Waals surface area contributed by atoms with Crippen molar-refractivity contribution >= 4 is 15.9 Å². The molecule has 0 aliphatic heterocycles. The fourth-order valence-electron chi connectivity index (χ4n) is 2.90. The molecule has 2 rings (SSSR count). The highest BCUT2D eigenvalue weighted by Crippen LogP contribution is 2.36. The van der Waals surface area contributed by atoms with Crippen molar-refractivity contribution in [3.63, 3.8) is 0 Å². The van der Waals surface area contributed by atoms with E-state index in [2.05, 4.69) is 54.2 Å². The van der Waals surface area contributed by atoms with Crippen molar-refractivity contribution in [2.24, 2.45) is 5.92 Å². The molecule has 1 atom stereocenters. The minimum absolute atomic E-state index is 0.538. The van der Waals surface area contributed by atoms with Crippen LogP contribution in [-0.4, -0.2) is 6.54 Å². The first-order valence-corrected chi connectivity index (χ1v) is 8.41. The number of benzene rings is 1. The Morgan fingerprint density at radius 1 is 1.26 bits per heavy atom. The van der Waals surface area contributed by atoms with Crippen LogP contribution in [-0.2, 0) is 0 Å². The number of nitrogens with one attached hydrogen (secondary N) is 1. The Morgan fingerprint density at radius 2 is 1.89 bits per heavy atom. The topological polar surface area (TPSA) is 12.0 Å². The normalized spacial score (nSPS) is 17.3. The Balaban J connectivity index is 2.15. The molecular weight excluding hydrogens is 298 g/mol. The summed E-state index contributed by atoms with van der Waals surface area (Å²) in [6, 6.07) is 5.24. The third kappa shape index (κ3) is 3.82. The van der Waals surface area contributed by atoms with Crippen molar-refractivity contribution < 1.29 is 0 Å². The lowest BCUT2D eigenvalue weighted by molar-refractivity contribution is 0.261. The summed E-state index contributed by atoms with van der Waals surface area (Å²) in [5.41, 5.74) is 4.18. The summed E-state index contributed by atoms with van der Waals surface area (Å²) in [6.45, 7) is 7.75. The molecule has 106 valence electrons. The standard InChI is InChI=1S/C17H26BrN/c1-4-8-19-16(11-14-6-5-7-14)15-9-12(2)17(18)13(3)10-15/h9-10,14,16,19H,4-8,11H2,1-3H3. The van der Waals surface area contributed by atoms with Gasteiger partial charge in [-0.1, -0.05) is 54.2 Å². The summed E-state index contributed by atoms with van der Waals surface area (Å²) in [7, 11) is 0. The summed E-state index contributed by atoms with van der Waals surface area (Å²) < 4.78 is 1.26. The molecule has 0 spiro atoms. The number of halogens is 1. The van der Waals surface area contributed by atoms with E-state index in [-0.39, 0.29) is 0 Å². The highest BCUT2D eigenvalue weighted by Gasteiger charge is 2.23. The highest BCUT2D eigenvalue weighted by molar-refractivity contribution is 9.10. The quantitative estimate of drug-likeness (QED) is 0.749. The third-order valence-corrected chi connectivity index (χ3v) is 5.55. The zero-order valence-corrected chi connectivity index (χ0v) is 14.0. The van der Waals surface area contributed by atoms with Gasteiger partial charge in [0.25, 0.3) is 0 Å². The maximum absolute atomic E-state index is 3.74. The lowest BCUT2D eigenvalue weighted by Crippen LogP contribution is -2.26. The zero-order valence-electron chi connectivity index (χ0n) is 12.4. The van der Waals surface area contributed by atoms with Crippen molar-refractivity contribution in [2.45, 2.75) is 58.9 Å².